The summed E-state index contributed by atoms with van der Waals surface area (Å²) in [6.45, 7) is 0.712. The number of hydrogen-bond donors (Lipinski definition) is 0. The molecule has 0 bridgehead atoms. The first-order valence-electron chi connectivity index (χ1n) is 5.30. The quantitative estimate of drug-likeness (QED) is 0.589. The van der Waals surface area contributed by atoms with Crippen LogP contribution in [0.1, 0.15) is 24.3 Å². The number of likely N-dealkylation sites (tertiary alicyclic amines) is 1. The van der Waals surface area contributed by atoms with E-state index in [4.69, 9.17) is 23.2 Å². The molecule has 0 radical (unpaired) electrons. The van der Waals surface area contributed by atoms with Crippen molar-refractivity contribution in [1.29, 1.82) is 0 Å². The van der Waals surface area contributed by atoms with Crippen LogP contribution < -0.4 is 0 Å². The largest absolute Gasteiger partial charge is 0.328 e. The number of piperidine rings is 1. The molecule has 1 saturated heterocycles. The molecule has 0 spiro atoms. The number of rotatable bonds is 2. The summed E-state index contributed by atoms with van der Waals surface area (Å²) in [5.74, 6) is 0.536. The Kier molecular flexibility index (Phi) is 3.72. The molecule has 2 nitrogen and oxygen atoms in total. The minimum absolute atomic E-state index is 0.153. The number of halogens is 2. The highest BCUT2D eigenvalue weighted by Gasteiger charge is 2.25. The summed E-state index contributed by atoms with van der Waals surface area (Å²) in [6, 6.07) is 8.10. The molecule has 0 aliphatic carbocycles. The fourth-order valence-corrected chi connectivity index (χ4v) is 2.39. The highest BCUT2D eigenvalue weighted by molar-refractivity contribution is 6.30. The van der Waals surface area contributed by atoms with Crippen LogP contribution in [0, 0.1) is 0 Å². The normalized spacial score (nSPS) is 21.2. The predicted molar refractivity (Wildman–Crippen MR) is 65.9 cm³/mol. The number of carbonyl (C=O) groups is 1. The lowest BCUT2D eigenvalue weighted by atomic mass is 9.91. The van der Waals surface area contributed by atoms with E-state index in [1.165, 1.54) is 5.56 Å². The zero-order chi connectivity index (χ0) is 11.5. The van der Waals surface area contributed by atoms with E-state index in [9.17, 15) is 4.79 Å². The van der Waals surface area contributed by atoms with Crippen LogP contribution >= 0.6 is 23.2 Å². The molecule has 4 heteroatoms. The van der Waals surface area contributed by atoms with Crippen LogP contribution in [0.15, 0.2) is 24.3 Å². The van der Waals surface area contributed by atoms with Crippen molar-refractivity contribution < 1.29 is 4.79 Å². The Labute approximate surface area is 105 Å². The van der Waals surface area contributed by atoms with Gasteiger partial charge in [-0.05, 0) is 24.1 Å². The number of nitrogens with zero attached hydrogens (tertiary/aromatic N) is 1. The highest BCUT2D eigenvalue weighted by Crippen LogP contribution is 2.28. The summed E-state index contributed by atoms with van der Waals surface area (Å²) in [5.41, 5.74) is 1.23. The molecule has 1 unspecified atom stereocenters. The van der Waals surface area contributed by atoms with E-state index in [1.54, 1.807) is 4.90 Å². The molecule has 86 valence electrons. The highest BCUT2D eigenvalue weighted by atomic mass is 35.5. The standard InChI is InChI=1S/C12H13Cl2NO/c13-8-15-7-10(3-6-12(15)16)9-1-4-11(14)5-2-9/h1-2,4-5,10H,3,6-8H2. The van der Waals surface area contributed by atoms with E-state index >= 15 is 0 Å². The number of amides is 1. The Hall–Kier alpha value is -0.730. The van der Waals surface area contributed by atoms with Gasteiger partial charge >= 0.3 is 0 Å². The summed E-state index contributed by atoms with van der Waals surface area (Å²) in [7, 11) is 0. The summed E-state index contributed by atoms with van der Waals surface area (Å²) in [4.78, 5) is 13.2. The third-order valence-electron chi connectivity index (χ3n) is 2.99. The van der Waals surface area contributed by atoms with Crippen LogP contribution in [0.25, 0.3) is 0 Å². The van der Waals surface area contributed by atoms with Gasteiger partial charge in [-0.25, -0.2) is 0 Å². The van der Waals surface area contributed by atoms with Gasteiger partial charge in [0.05, 0.1) is 6.00 Å². The number of alkyl halides is 1. The first-order chi connectivity index (χ1) is 7.70. The first-order valence-corrected chi connectivity index (χ1v) is 6.21. The van der Waals surface area contributed by atoms with Gasteiger partial charge in [0.15, 0.2) is 0 Å². The maximum Gasteiger partial charge on any atom is 0.223 e. The van der Waals surface area contributed by atoms with Crippen LogP contribution in [0.2, 0.25) is 5.02 Å². The Morgan fingerprint density at radius 2 is 2.00 bits per heavy atom. The lowest BCUT2D eigenvalue weighted by molar-refractivity contribution is -0.132. The molecular formula is C12H13Cl2NO. The average molecular weight is 258 g/mol. The Morgan fingerprint density at radius 1 is 1.31 bits per heavy atom. The van der Waals surface area contributed by atoms with E-state index in [1.807, 2.05) is 24.3 Å². The van der Waals surface area contributed by atoms with Crippen LogP contribution in [-0.2, 0) is 4.79 Å². The third kappa shape index (κ3) is 2.50. The van der Waals surface area contributed by atoms with Crippen molar-refractivity contribution >= 4 is 29.1 Å². The van der Waals surface area contributed by atoms with Crippen LogP contribution in [0.3, 0.4) is 0 Å². The Balaban J connectivity index is 2.11. The van der Waals surface area contributed by atoms with Crippen molar-refractivity contribution in [3.63, 3.8) is 0 Å². The molecule has 16 heavy (non-hydrogen) atoms. The topological polar surface area (TPSA) is 20.3 Å². The maximum atomic E-state index is 11.5. The van der Waals surface area contributed by atoms with Crippen LogP contribution in [-0.4, -0.2) is 23.4 Å². The zero-order valence-corrected chi connectivity index (χ0v) is 10.3. The average Bonchev–Trinajstić information content (AvgIpc) is 2.31. The van der Waals surface area contributed by atoms with Crippen molar-refractivity contribution in [2.24, 2.45) is 0 Å². The lowest BCUT2D eigenvalue weighted by Gasteiger charge is -2.31. The minimum atomic E-state index is 0.153. The van der Waals surface area contributed by atoms with Gasteiger partial charge in [0.25, 0.3) is 0 Å². The van der Waals surface area contributed by atoms with Crippen molar-refractivity contribution in [2.45, 2.75) is 18.8 Å². The fourth-order valence-electron chi connectivity index (χ4n) is 2.04. The number of benzene rings is 1. The molecule has 1 heterocycles. The molecule has 0 aromatic heterocycles. The Morgan fingerprint density at radius 3 is 2.62 bits per heavy atom. The smallest absolute Gasteiger partial charge is 0.223 e. The van der Waals surface area contributed by atoms with Crippen molar-refractivity contribution in [3.05, 3.63) is 34.9 Å². The van der Waals surface area contributed by atoms with Gasteiger partial charge in [-0.3, -0.25) is 4.79 Å². The second kappa shape index (κ2) is 5.07. The zero-order valence-electron chi connectivity index (χ0n) is 8.83. The van der Waals surface area contributed by atoms with E-state index in [0.29, 0.717) is 18.9 Å². The van der Waals surface area contributed by atoms with Gasteiger partial charge in [0, 0.05) is 23.9 Å². The molecule has 1 aliphatic rings. The molecule has 1 aliphatic heterocycles. The van der Waals surface area contributed by atoms with Gasteiger partial charge in [0.1, 0.15) is 0 Å². The molecule has 0 saturated carbocycles. The van der Waals surface area contributed by atoms with Gasteiger partial charge in [-0.1, -0.05) is 23.7 Å². The Bertz CT molecular complexity index is 377. The van der Waals surface area contributed by atoms with Crippen molar-refractivity contribution in [2.75, 3.05) is 12.5 Å². The molecule has 1 aromatic rings. The SMILES string of the molecule is O=C1CCC(c2ccc(Cl)cc2)CN1CCl. The van der Waals surface area contributed by atoms with Crippen LogP contribution in [0.4, 0.5) is 0 Å². The molecule has 1 atom stereocenters. The van der Waals surface area contributed by atoms with Gasteiger partial charge in [0.2, 0.25) is 5.91 Å². The van der Waals surface area contributed by atoms with Crippen molar-refractivity contribution in [1.82, 2.24) is 4.90 Å². The fraction of sp³-hybridized carbons (Fsp3) is 0.417. The molecule has 0 N–H and O–H groups in total. The minimum Gasteiger partial charge on any atom is -0.328 e. The molecule has 1 fully saturated rings. The maximum absolute atomic E-state index is 11.5. The van der Waals surface area contributed by atoms with E-state index in [2.05, 4.69) is 0 Å². The van der Waals surface area contributed by atoms with Gasteiger partial charge < -0.3 is 4.90 Å². The van der Waals surface area contributed by atoms with Crippen LogP contribution in [0.5, 0.6) is 0 Å². The van der Waals surface area contributed by atoms with E-state index in [-0.39, 0.29) is 11.9 Å². The lowest BCUT2D eigenvalue weighted by Crippen LogP contribution is -2.38. The molecule has 1 amide bonds. The summed E-state index contributed by atoms with van der Waals surface area (Å²) < 4.78 is 0. The molecule has 2 rings (SSSR count). The number of carbonyl (C=O) groups excluding carboxylic acids is 1. The van der Waals surface area contributed by atoms with Crippen molar-refractivity contribution in [3.8, 4) is 0 Å². The molecule has 1 aromatic carbocycles. The monoisotopic (exact) mass is 257 g/mol. The number of hydrogen-bond acceptors (Lipinski definition) is 1. The summed E-state index contributed by atoms with van der Waals surface area (Å²) >= 11 is 11.6. The third-order valence-corrected chi connectivity index (χ3v) is 3.53. The van der Waals surface area contributed by atoms with E-state index < -0.39 is 0 Å². The second-order valence-corrected chi connectivity index (χ2v) is 4.70. The van der Waals surface area contributed by atoms with E-state index in [0.717, 1.165) is 11.4 Å². The second-order valence-electron chi connectivity index (χ2n) is 4.02. The molecular weight excluding hydrogens is 245 g/mol. The predicted octanol–water partition coefficient (Wildman–Crippen LogP) is 3.24. The first kappa shape index (κ1) is 11.7. The van der Waals surface area contributed by atoms with Gasteiger partial charge in [-0.2, -0.15) is 0 Å². The summed E-state index contributed by atoms with van der Waals surface area (Å²) in [6.07, 6.45) is 1.48. The summed E-state index contributed by atoms with van der Waals surface area (Å²) in [5, 5.41) is 0.741. The van der Waals surface area contributed by atoms with Gasteiger partial charge in [-0.15, -0.1) is 11.6 Å².